The van der Waals surface area contributed by atoms with Crippen LogP contribution in [0.15, 0.2) is 18.6 Å². The van der Waals surface area contributed by atoms with Crippen molar-refractivity contribution >= 4 is 17.7 Å². The molecular weight excluding hydrogens is 248 g/mol. The van der Waals surface area contributed by atoms with Gasteiger partial charge >= 0.3 is 5.97 Å². The molecule has 0 saturated heterocycles. The molecule has 1 amide bonds. The van der Waals surface area contributed by atoms with Crippen molar-refractivity contribution in [3.8, 4) is 0 Å². The Balaban J connectivity index is 2.28. The van der Waals surface area contributed by atoms with Gasteiger partial charge in [0.15, 0.2) is 0 Å². The number of imidazole rings is 2. The Hall–Kier alpha value is -2.31. The Morgan fingerprint density at radius 1 is 1.42 bits per heavy atom. The van der Waals surface area contributed by atoms with E-state index in [0.29, 0.717) is 5.78 Å². The summed E-state index contributed by atoms with van der Waals surface area (Å²) in [7, 11) is 0. The van der Waals surface area contributed by atoms with Crippen molar-refractivity contribution < 1.29 is 14.3 Å². The summed E-state index contributed by atoms with van der Waals surface area (Å²) in [6.07, 6.45) is 4.64. The van der Waals surface area contributed by atoms with E-state index in [-0.39, 0.29) is 12.2 Å². The van der Waals surface area contributed by atoms with Gasteiger partial charge in [0.1, 0.15) is 17.8 Å². The van der Waals surface area contributed by atoms with Crippen molar-refractivity contribution in [2.45, 2.75) is 32.9 Å². The minimum atomic E-state index is -0.578. The Morgan fingerprint density at radius 2 is 2.11 bits per heavy atom. The first-order valence-electron chi connectivity index (χ1n) is 5.82. The van der Waals surface area contributed by atoms with Crippen LogP contribution in [0.5, 0.6) is 0 Å². The quantitative estimate of drug-likeness (QED) is 0.821. The Bertz CT molecular complexity index is 633. The van der Waals surface area contributed by atoms with Crippen molar-refractivity contribution in [3.05, 3.63) is 24.3 Å². The van der Waals surface area contributed by atoms with E-state index in [0.717, 1.165) is 0 Å². The van der Waals surface area contributed by atoms with E-state index in [1.165, 1.54) is 21.4 Å². The SMILES string of the molecule is CC(C)(C)OC(=O)Cn1cc(C(N)=O)n2ccnc12. The van der Waals surface area contributed by atoms with Crippen LogP contribution in [0.25, 0.3) is 5.78 Å². The second-order valence-corrected chi connectivity index (χ2v) is 5.19. The zero-order valence-electron chi connectivity index (χ0n) is 11.1. The molecule has 2 N–H and O–H groups in total. The van der Waals surface area contributed by atoms with Crippen LogP contribution < -0.4 is 5.73 Å². The molecular formula is C12H16N4O3. The van der Waals surface area contributed by atoms with Crippen LogP contribution in [0, 0.1) is 0 Å². The molecule has 7 heteroatoms. The van der Waals surface area contributed by atoms with E-state index in [9.17, 15) is 9.59 Å². The van der Waals surface area contributed by atoms with Crippen molar-refractivity contribution in [2.24, 2.45) is 5.73 Å². The van der Waals surface area contributed by atoms with Crippen molar-refractivity contribution in [2.75, 3.05) is 0 Å². The van der Waals surface area contributed by atoms with Gasteiger partial charge in [0.25, 0.3) is 5.91 Å². The van der Waals surface area contributed by atoms with Crippen molar-refractivity contribution in [3.63, 3.8) is 0 Å². The number of hydrogen-bond donors (Lipinski definition) is 1. The van der Waals surface area contributed by atoms with Gasteiger partial charge in [0, 0.05) is 18.6 Å². The molecule has 0 aliphatic carbocycles. The second-order valence-electron chi connectivity index (χ2n) is 5.19. The molecule has 19 heavy (non-hydrogen) atoms. The number of aromatic nitrogens is 3. The number of hydrogen-bond acceptors (Lipinski definition) is 4. The number of primary amides is 1. The predicted octanol–water partition coefficient (Wildman–Crippen LogP) is 0.576. The number of esters is 1. The zero-order chi connectivity index (χ0) is 14.2. The van der Waals surface area contributed by atoms with Gasteiger partial charge in [-0.2, -0.15) is 0 Å². The van der Waals surface area contributed by atoms with Gasteiger partial charge in [-0.25, -0.2) is 4.98 Å². The molecule has 0 aliphatic rings. The average Bonchev–Trinajstić information content (AvgIpc) is 2.78. The molecule has 2 rings (SSSR count). The molecule has 0 saturated carbocycles. The molecule has 0 spiro atoms. The zero-order valence-corrected chi connectivity index (χ0v) is 11.1. The van der Waals surface area contributed by atoms with E-state index in [1.807, 2.05) is 0 Å². The Kier molecular flexibility index (Phi) is 3.05. The highest BCUT2D eigenvalue weighted by Gasteiger charge is 2.19. The standard InChI is InChI=1S/C12H16N4O3/c1-12(2,3)19-9(17)7-15-6-8(10(13)18)16-5-4-14-11(15)16/h4-6H,7H2,1-3H3,(H2,13,18). The van der Waals surface area contributed by atoms with Gasteiger partial charge in [-0.15, -0.1) is 0 Å². The van der Waals surface area contributed by atoms with Crippen LogP contribution in [0.3, 0.4) is 0 Å². The van der Waals surface area contributed by atoms with Crippen LogP contribution in [-0.2, 0) is 16.1 Å². The van der Waals surface area contributed by atoms with E-state index < -0.39 is 17.5 Å². The average molecular weight is 264 g/mol. The highest BCUT2D eigenvalue weighted by molar-refractivity contribution is 5.91. The largest absolute Gasteiger partial charge is 0.459 e. The molecule has 0 aliphatic heterocycles. The lowest BCUT2D eigenvalue weighted by atomic mass is 10.2. The normalized spacial score (nSPS) is 11.7. The molecule has 0 aromatic carbocycles. The molecule has 7 nitrogen and oxygen atoms in total. The first-order valence-corrected chi connectivity index (χ1v) is 5.82. The minimum absolute atomic E-state index is 0.0228. The van der Waals surface area contributed by atoms with Crippen LogP contribution in [0.2, 0.25) is 0 Å². The van der Waals surface area contributed by atoms with Gasteiger partial charge in [-0.05, 0) is 20.8 Å². The summed E-state index contributed by atoms with van der Waals surface area (Å²) in [5.74, 6) is -0.505. The first kappa shape index (κ1) is 13.1. The van der Waals surface area contributed by atoms with Crippen molar-refractivity contribution in [1.82, 2.24) is 14.0 Å². The molecule has 102 valence electrons. The summed E-state index contributed by atoms with van der Waals surface area (Å²) in [6.45, 7) is 5.35. The van der Waals surface area contributed by atoms with Crippen LogP contribution >= 0.6 is 0 Å². The van der Waals surface area contributed by atoms with Crippen LogP contribution in [-0.4, -0.2) is 31.4 Å². The molecule has 0 atom stereocenters. The number of ether oxygens (including phenoxy) is 1. The minimum Gasteiger partial charge on any atom is -0.459 e. The third-order valence-electron chi connectivity index (χ3n) is 2.39. The smallest absolute Gasteiger partial charge is 0.326 e. The molecule has 0 unspecified atom stereocenters. The van der Waals surface area contributed by atoms with Gasteiger partial charge in [-0.1, -0.05) is 0 Å². The molecule has 0 bridgehead atoms. The predicted molar refractivity (Wildman–Crippen MR) is 67.5 cm³/mol. The summed E-state index contributed by atoms with van der Waals surface area (Å²) in [5.41, 5.74) is 4.99. The summed E-state index contributed by atoms with van der Waals surface area (Å²) in [4.78, 5) is 27.1. The van der Waals surface area contributed by atoms with E-state index in [1.54, 1.807) is 27.0 Å². The van der Waals surface area contributed by atoms with Crippen LogP contribution in [0.4, 0.5) is 0 Å². The number of fused-ring (bicyclic) bond motifs is 1. The van der Waals surface area contributed by atoms with Crippen molar-refractivity contribution in [1.29, 1.82) is 0 Å². The number of rotatable bonds is 3. The summed E-state index contributed by atoms with van der Waals surface area (Å²) in [6, 6.07) is 0. The molecule has 0 fully saturated rings. The fourth-order valence-electron chi connectivity index (χ4n) is 1.78. The maximum absolute atomic E-state index is 11.8. The van der Waals surface area contributed by atoms with Gasteiger partial charge < -0.3 is 15.0 Å². The molecule has 2 aromatic heterocycles. The van der Waals surface area contributed by atoms with E-state index >= 15 is 0 Å². The Morgan fingerprint density at radius 3 is 2.68 bits per heavy atom. The van der Waals surface area contributed by atoms with Crippen LogP contribution in [0.1, 0.15) is 31.3 Å². The molecule has 0 radical (unpaired) electrons. The monoisotopic (exact) mass is 264 g/mol. The summed E-state index contributed by atoms with van der Waals surface area (Å²) in [5, 5.41) is 0. The lowest BCUT2D eigenvalue weighted by Crippen LogP contribution is -2.26. The maximum atomic E-state index is 11.8. The van der Waals surface area contributed by atoms with Gasteiger partial charge in [-0.3, -0.25) is 14.0 Å². The number of carbonyl (C=O) groups excluding carboxylic acids is 2. The van der Waals surface area contributed by atoms with E-state index in [2.05, 4.69) is 4.98 Å². The number of nitrogens with zero attached hydrogens (tertiary/aromatic N) is 3. The van der Waals surface area contributed by atoms with Gasteiger partial charge in [0.05, 0.1) is 0 Å². The lowest BCUT2D eigenvalue weighted by molar-refractivity contribution is -0.155. The van der Waals surface area contributed by atoms with E-state index in [4.69, 9.17) is 10.5 Å². The topological polar surface area (TPSA) is 91.6 Å². The number of nitrogens with two attached hydrogens (primary N) is 1. The maximum Gasteiger partial charge on any atom is 0.326 e. The van der Waals surface area contributed by atoms with Gasteiger partial charge in [0.2, 0.25) is 5.78 Å². The summed E-state index contributed by atoms with van der Waals surface area (Å²) < 4.78 is 8.29. The highest BCUT2D eigenvalue weighted by Crippen LogP contribution is 2.12. The second kappa shape index (κ2) is 4.42. The fraction of sp³-hybridized carbons (Fsp3) is 0.417. The number of amides is 1. The Labute approximate surface area is 110 Å². The first-order chi connectivity index (χ1) is 8.78. The molecule has 2 aromatic rings. The summed E-state index contributed by atoms with van der Waals surface area (Å²) >= 11 is 0. The number of carbonyl (C=O) groups is 2. The third kappa shape index (κ3) is 2.75. The third-order valence-corrected chi connectivity index (χ3v) is 2.39. The molecule has 2 heterocycles. The highest BCUT2D eigenvalue weighted by atomic mass is 16.6. The lowest BCUT2D eigenvalue weighted by Gasteiger charge is -2.19. The fourth-order valence-corrected chi connectivity index (χ4v) is 1.78.